The minimum absolute atomic E-state index is 0.200. The molecule has 10 nitrogen and oxygen atoms in total. The van der Waals surface area contributed by atoms with Crippen LogP contribution in [0.1, 0.15) is 39.6 Å². The molecule has 304 valence electrons. The predicted octanol–water partition coefficient (Wildman–Crippen LogP) is 7.77. The standard InChI is InChI=1S/C48H41IN2O8S/c1-60(54,55)59-42-41(33-56-47(34-20-8-2-9-21-34,35-22-10-3-11-23-35)36-24-12-4-13-25-36)57-45(51-32-40(49)44(52)50-46(51)53)43(42)58-48(37-26-14-5-15-27-37,38-28-16-6-17-29-38)39-30-18-7-19-31-39/h2-32,41-43,45H,33H2,1H3,(H,50,52,53)/t41-,42-,43-,45-/m1/s1. The molecule has 4 atom stereocenters. The van der Waals surface area contributed by atoms with Crippen molar-refractivity contribution in [1.29, 1.82) is 0 Å². The van der Waals surface area contributed by atoms with Crippen LogP contribution in [0.25, 0.3) is 0 Å². The highest BCUT2D eigenvalue weighted by Crippen LogP contribution is 2.47. The van der Waals surface area contributed by atoms with Gasteiger partial charge >= 0.3 is 5.69 Å². The van der Waals surface area contributed by atoms with Crippen molar-refractivity contribution >= 4 is 32.7 Å². The minimum Gasteiger partial charge on any atom is -0.358 e. The second kappa shape index (κ2) is 17.6. The number of ether oxygens (including phenoxy) is 3. The number of nitrogens with zero attached hydrogens (tertiary/aromatic N) is 1. The minimum atomic E-state index is -4.23. The van der Waals surface area contributed by atoms with Crippen molar-refractivity contribution < 1.29 is 26.8 Å². The molecule has 0 radical (unpaired) electrons. The molecule has 0 bridgehead atoms. The SMILES string of the molecule is CS(=O)(=O)O[C@H]1[C@@H](OC(c2ccccc2)(c2ccccc2)c2ccccc2)[C@H](n2cc(I)c(=O)[nH]c2=O)O[C@@H]1COC(c1ccccc1)(c1ccccc1)c1ccccc1. The molecule has 2 heterocycles. The van der Waals surface area contributed by atoms with Crippen molar-refractivity contribution in [1.82, 2.24) is 9.55 Å². The summed E-state index contributed by atoms with van der Waals surface area (Å²) in [6, 6.07) is 57.9. The highest BCUT2D eigenvalue weighted by Gasteiger charge is 2.55. The molecule has 1 fully saturated rings. The quantitative estimate of drug-likeness (QED) is 0.0667. The van der Waals surface area contributed by atoms with Crippen molar-refractivity contribution in [3.05, 3.63) is 246 Å². The van der Waals surface area contributed by atoms with Gasteiger partial charge in [0.25, 0.3) is 15.7 Å². The van der Waals surface area contributed by atoms with Crippen molar-refractivity contribution in [3.8, 4) is 0 Å². The molecule has 8 rings (SSSR count). The third kappa shape index (κ3) is 8.18. The molecule has 0 spiro atoms. The zero-order valence-corrected chi connectivity index (χ0v) is 35.4. The number of aromatic amines is 1. The first kappa shape index (κ1) is 41.3. The van der Waals surface area contributed by atoms with E-state index in [0.717, 1.165) is 39.6 Å². The Morgan fingerprint density at radius 2 is 0.967 bits per heavy atom. The topological polar surface area (TPSA) is 126 Å². The normalized spacial score (nSPS) is 18.3. The Morgan fingerprint density at radius 1 is 0.600 bits per heavy atom. The highest BCUT2D eigenvalue weighted by atomic mass is 127. The Morgan fingerprint density at radius 3 is 1.33 bits per heavy atom. The lowest BCUT2D eigenvalue weighted by atomic mass is 9.79. The molecule has 6 aromatic carbocycles. The fourth-order valence-corrected chi connectivity index (χ4v) is 9.13. The number of nitrogens with one attached hydrogen (secondary N) is 1. The van der Waals surface area contributed by atoms with Gasteiger partial charge in [-0.3, -0.25) is 18.5 Å². The van der Waals surface area contributed by atoms with Gasteiger partial charge in [-0.2, -0.15) is 8.42 Å². The van der Waals surface area contributed by atoms with Gasteiger partial charge in [0.15, 0.2) is 6.23 Å². The lowest BCUT2D eigenvalue weighted by Crippen LogP contribution is -2.47. The van der Waals surface area contributed by atoms with E-state index in [1.165, 1.54) is 10.8 Å². The summed E-state index contributed by atoms with van der Waals surface area (Å²) < 4.78 is 55.9. The largest absolute Gasteiger partial charge is 0.358 e. The molecule has 1 aromatic heterocycles. The van der Waals surface area contributed by atoms with Crippen LogP contribution in [0, 0.1) is 3.57 Å². The Balaban J connectivity index is 1.34. The van der Waals surface area contributed by atoms with E-state index < -0.39 is 57.1 Å². The second-order valence-corrected chi connectivity index (χ2v) is 17.2. The maximum absolute atomic E-state index is 13.8. The van der Waals surface area contributed by atoms with E-state index in [1.54, 1.807) is 0 Å². The molecule has 0 saturated carbocycles. The molecule has 1 saturated heterocycles. The van der Waals surface area contributed by atoms with Crippen molar-refractivity contribution in [2.45, 2.75) is 35.7 Å². The van der Waals surface area contributed by atoms with Gasteiger partial charge in [0, 0.05) is 6.20 Å². The monoisotopic (exact) mass is 932 g/mol. The average molecular weight is 933 g/mol. The molecule has 12 heteroatoms. The van der Waals surface area contributed by atoms with Gasteiger partial charge in [-0.15, -0.1) is 0 Å². The van der Waals surface area contributed by atoms with Gasteiger partial charge in [-0.05, 0) is 56.0 Å². The first-order valence-electron chi connectivity index (χ1n) is 19.3. The number of H-pyrrole nitrogens is 1. The Kier molecular flexibility index (Phi) is 12.1. The van der Waals surface area contributed by atoms with E-state index in [-0.39, 0.29) is 10.2 Å². The van der Waals surface area contributed by atoms with E-state index in [2.05, 4.69) is 4.98 Å². The average Bonchev–Trinajstić information content (AvgIpc) is 3.60. The molecule has 0 unspecified atom stereocenters. The summed E-state index contributed by atoms with van der Waals surface area (Å²) >= 11 is 1.84. The second-order valence-electron chi connectivity index (χ2n) is 14.4. The van der Waals surface area contributed by atoms with Crippen LogP contribution in [0.15, 0.2) is 198 Å². The summed E-state index contributed by atoms with van der Waals surface area (Å²) in [6.45, 7) is -0.237. The number of benzene rings is 6. The summed E-state index contributed by atoms with van der Waals surface area (Å²) in [6.07, 6.45) is -2.88. The van der Waals surface area contributed by atoms with Crippen LogP contribution >= 0.6 is 22.6 Å². The molecule has 7 aromatic rings. The molecular formula is C48H41IN2O8S. The van der Waals surface area contributed by atoms with Gasteiger partial charge in [-0.1, -0.05) is 182 Å². The van der Waals surface area contributed by atoms with Gasteiger partial charge in [0.1, 0.15) is 29.5 Å². The smallest absolute Gasteiger partial charge is 0.330 e. The van der Waals surface area contributed by atoms with E-state index in [1.807, 2.05) is 205 Å². The van der Waals surface area contributed by atoms with Crippen LogP contribution < -0.4 is 11.2 Å². The summed E-state index contributed by atoms with van der Waals surface area (Å²) in [7, 11) is -4.23. The van der Waals surface area contributed by atoms with Crippen LogP contribution in [-0.4, -0.2) is 49.1 Å². The zero-order chi connectivity index (χ0) is 41.7. The molecule has 0 aliphatic carbocycles. The van der Waals surface area contributed by atoms with E-state index >= 15 is 0 Å². The molecule has 1 aliphatic rings. The number of hydrogen-bond donors (Lipinski definition) is 1. The highest BCUT2D eigenvalue weighted by molar-refractivity contribution is 14.1. The fourth-order valence-electron chi connectivity index (χ4n) is 8.06. The number of halogens is 1. The van der Waals surface area contributed by atoms with Crippen molar-refractivity contribution in [2.24, 2.45) is 0 Å². The van der Waals surface area contributed by atoms with E-state index in [0.29, 0.717) is 0 Å². The van der Waals surface area contributed by atoms with E-state index in [9.17, 15) is 18.0 Å². The Bertz CT molecular complexity index is 2550. The summed E-state index contributed by atoms with van der Waals surface area (Å²) in [5, 5.41) is 0. The zero-order valence-electron chi connectivity index (χ0n) is 32.4. The van der Waals surface area contributed by atoms with Crippen LogP contribution in [-0.2, 0) is 39.7 Å². The predicted molar refractivity (Wildman–Crippen MR) is 237 cm³/mol. The summed E-state index contributed by atoms with van der Waals surface area (Å²) in [4.78, 5) is 29.0. The number of rotatable bonds is 14. The van der Waals surface area contributed by atoms with Gasteiger partial charge in [-0.25, -0.2) is 4.79 Å². The van der Waals surface area contributed by atoms with Crippen LogP contribution in [0.3, 0.4) is 0 Å². The summed E-state index contributed by atoms with van der Waals surface area (Å²) in [5.74, 6) is 0. The Hall–Kier alpha value is -5.48. The molecule has 0 amide bonds. The maximum atomic E-state index is 13.8. The maximum Gasteiger partial charge on any atom is 0.330 e. The van der Waals surface area contributed by atoms with Gasteiger partial charge in [0.2, 0.25) is 0 Å². The molecule has 1 aliphatic heterocycles. The summed E-state index contributed by atoms with van der Waals surface area (Å²) in [5.41, 5.74) is 0.608. The third-order valence-corrected chi connectivity index (χ3v) is 12.0. The van der Waals surface area contributed by atoms with Crippen LogP contribution in [0.2, 0.25) is 0 Å². The fraction of sp³-hybridized carbons (Fsp3) is 0.167. The first-order chi connectivity index (χ1) is 29.1. The Labute approximate surface area is 361 Å². The van der Waals surface area contributed by atoms with Crippen LogP contribution in [0.5, 0.6) is 0 Å². The van der Waals surface area contributed by atoms with Crippen LogP contribution in [0.4, 0.5) is 0 Å². The van der Waals surface area contributed by atoms with E-state index in [4.69, 9.17) is 18.4 Å². The third-order valence-electron chi connectivity index (χ3n) is 10.6. The lowest BCUT2D eigenvalue weighted by molar-refractivity contribution is -0.123. The van der Waals surface area contributed by atoms with Gasteiger partial charge < -0.3 is 14.2 Å². The first-order valence-corrected chi connectivity index (χ1v) is 22.2. The van der Waals surface area contributed by atoms with Crippen molar-refractivity contribution in [3.63, 3.8) is 0 Å². The lowest BCUT2D eigenvalue weighted by Gasteiger charge is -2.40. The molecule has 1 N–H and O–H groups in total. The molecule has 60 heavy (non-hydrogen) atoms. The number of aromatic nitrogens is 2. The van der Waals surface area contributed by atoms with Gasteiger partial charge in [0.05, 0.1) is 16.4 Å². The van der Waals surface area contributed by atoms with Crippen molar-refractivity contribution in [2.75, 3.05) is 12.9 Å². The molecular weight excluding hydrogens is 892 g/mol. The number of hydrogen-bond acceptors (Lipinski definition) is 8.